The van der Waals surface area contributed by atoms with Crippen molar-refractivity contribution in [3.05, 3.63) is 54.1 Å². The van der Waals surface area contributed by atoms with Crippen molar-refractivity contribution in [3.8, 4) is 5.75 Å². The van der Waals surface area contributed by atoms with Crippen molar-refractivity contribution in [1.29, 1.82) is 0 Å². The Bertz CT molecular complexity index is 760. The van der Waals surface area contributed by atoms with Crippen LogP contribution in [0.5, 0.6) is 5.75 Å². The molecule has 0 N–H and O–H groups in total. The number of ether oxygens (including phenoxy) is 2. The van der Waals surface area contributed by atoms with Crippen LogP contribution in [0.2, 0.25) is 0 Å². The minimum atomic E-state index is 0.574. The summed E-state index contributed by atoms with van der Waals surface area (Å²) in [5.41, 5.74) is 2.64. The van der Waals surface area contributed by atoms with Crippen molar-refractivity contribution in [2.75, 3.05) is 57.9 Å². The summed E-state index contributed by atoms with van der Waals surface area (Å²) in [5.74, 6) is 2.43. The van der Waals surface area contributed by atoms with E-state index in [0.29, 0.717) is 5.92 Å². The molecule has 5 heteroatoms. The highest BCUT2D eigenvalue weighted by Crippen LogP contribution is 2.32. The lowest BCUT2D eigenvalue weighted by Crippen LogP contribution is -2.36. The number of thioether (sulfide) groups is 1. The van der Waals surface area contributed by atoms with Gasteiger partial charge in [0, 0.05) is 36.9 Å². The quantitative estimate of drug-likeness (QED) is 0.299. The standard InChI is InChI=1S/C26H38N2O2S/c1-22(2)20-30-19-18-28(17-16-27-14-6-7-15-27)25-8-4-5-9-26(25)31-21-23-10-12-24(29-3)13-11-23/h4-5,8-13,22H,6-7,14-21H2,1-3H3. The van der Waals surface area contributed by atoms with E-state index in [-0.39, 0.29) is 0 Å². The first kappa shape index (κ1) is 24.0. The van der Waals surface area contributed by atoms with Crippen molar-refractivity contribution in [2.45, 2.75) is 37.3 Å². The molecule has 31 heavy (non-hydrogen) atoms. The van der Waals surface area contributed by atoms with Crippen LogP contribution < -0.4 is 9.64 Å². The zero-order valence-electron chi connectivity index (χ0n) is 19.4. The fraction of sp³-hybridized carbons (Fsp3) is 0.538. The van der Waals surface area contributed by atoms with Crippen LogP contribution in [0.3, 0.4) is 0 Å². The molecule has 1 aliphatic rings. The first-order valence-corrected chi connectivity index (χ1v) is 12.5. The molecule has 1 heterocycles. The molecule has 0 radical (unpaired) electrons. The number of anilines is 1. The fourth-order valence-corrected chi connectivity index (χ4v) is 4.87. The monoisotopic (exact) mass is 442 g/mol. The summed E-state index contributed by atoms with van der Waals surface area (Å²) in [6, 6.07) is 17.2. The van der Waals surface area contributed by atoms with Crippen molar-refractivity contribution in [2.24, 2.45) is 5.92 Å². The minimum absolute atomic E-state index is 0.574. The molecule has 0 aliphatic carbocycles. The first-order valence-electron chi connectivity index (χ1n) is 11.6. The fourth-order valence-electron chi connectivity index (χ4n) is 3.84. The predicted octanol–water partition coefficient (Wildman–Crippen LogP) is 5.56. The molecular weight excluding hydrogens is 404 g/mol. The van der Waals surface area contributed by atoms with Crippen LogP contribution in [-0.4, -0.2) is 57.9 Å². The van der Waals surface area contributed by atoms with E-state index in [1.807, 2.05) is 23.9 Å². The highest BCUT2D eigenvalue weighted by Gasteiger charge is 2.16. The van der Waals surface area contributed by atoms with Gasteiger partial charge in [0.25, 0.3) is 0 Å². The van der Waals surface area contributed by atoms with Gasteiger partial charge < -0.3 is 19.3 Å². The highest BCUT2D eigenvalue weighted by atomic mass is 32.2. The molecule has 0 amide bonds. The molecule has 1 fully saturated rings. The number of hydrogen-bond acceptors (Lipinski definition) is 5. The van der Waals surface area contributed by atoms with E-state index in [1.165, 1.54) is 42.1 Å². The number of nitrogens with zero attached hydrogens (tertiary/aromatic N) is 2. The summed E-state index contributed by atoms with van der Waals surface area (Å²) in [7, 11) is 1.71. The summed E-state index contributed by atoms with van der Waals surface area (Å²) in [5, 5.41) is 0. The maximum absolute atomic E-state index is 5.94. The number of likely N-dealkylation sites (tertiary alicyclic amines) is 1. The average molecular weight is 443 g/mol. The lowest BCUT2D eigenvalue weighted by atomic mass is 10.2. The van der Waals surface area contributed by atoms with E-state index in [1.54, 1.807) is 7.11 Å². The molecule has 1 aliphatic heterocycles. The lowest BCUT2D eigenvalue weighted by Gasteiger charge is -2.29. The Balaban J connectivity index is 1.65. The molecule has 0 unspecified atom stereocenters. The van der Waals surface area contributed by atoms with E-state index in [2.05, 4.69) is 60.0 Å². The normalized spacial score (nSPS) is 14.3. The third-order valence-electron chi connectivity index (χ3n) is 5.60. The minimum Gasteiger partial charge on any atom is -0.497 e. The van der Waals surface area contributed by atoms with Crippen LogP contribution in [0.15, 0.2) is 53.4 Å². The van der Waals surface area contributed by atoms with Gasteiger partial charge in [-0.15, -0.1) is 11.8 Å². The zero-order chi connectivity index (χ0) is 21.9. The topological polar surface area (TPSA) is 24.9 Å². The number of benzene rings is 2. The van der Waals surface area contributed by atoms with Crippen molar-refractivity contribution in [3.63, 3.8) is 0 Å². The van der Waals surface area contributed by atoms with Crippen LogP contribution in [-0.2, 0) is 10.5 Å². The summed E-state index contributed by atoms with van der Waals surface area (Å²) in [6.45, 7) is 11.6. The molecule has 0 bridgehead atoms. The molecule has 170 valence electrons. The maximum Gasteiger partial charge on any atom is 0.118 e. The van der Waals surface area contributed by atoms with Crippen molar-refractivity contribution in [1.82, 2.24) is 4.90 Å². The van der Waals surface area contributed by atoms with Gasteiger partial charge in [0.2, 0.25) is 0 Å². The molecule has 0 saturated carbocycles. The van der Waals surface area contributed by atoms with Crippen LogP contribution in [0.4, 0.5) is 5.69 Å². The van der Waals surface area contributed by atoms with Crippen molar-refractivity contribution >= 4 is 17.4 Å². The van der Waals surface area contributed by atoms with E-state index >= 15 is 0 Å². The van der Waals surface area contributed by atoms with Crippen LogP contribution >= 0.6 is 11.8 Å². The van der Waals surface area contributed by atoms with Gasteiger partial charge in [-0.1, -0.05) is 38.1 Å². The van der Waals surface area contributed by atoms with Crippen LogP contribution in [0.1, 0.15) is 32.3 Å². The smallest absolute Gasteiger partial charge is 0.118 e. The third-order valence-corrected chi connectivity index (χ3v) is 6.73. The van der Waals surface area contributed by atoms with Gasteiger partial charge >= 0.3 is 0 Å². The second-order valence-corrected chi connectivity index (χ2v) is 9.63. The number of para-hydroxylation sites is 1. The lowest BCUT2D eigenvalue weighted by molar-refractivity contribution is 0.115. The number of rotatable bonds is 13. The van der Waals surface area contributed by atoms with Gasteiger partial charge in [-0.05, 0) is 61.7 Å². The summed E-state index contributed by atoms with van der Waals surface area (Å²) >= 11 is 1.91. The van der Waals surface area contributed by atoms with Crippen LogP contribution in [0.25, 0.3) is 0 Å². The Labute approximate surface area is 192 Å². The van der Waals surface area contributed by atoms with Crippen LogP contribution in [0, 0.1) is 5.92 Å². The van der Waals surface area contributed by atoms with Crippen molar-refractivity contribution < 1.29 is 9.47 Å². The largest absolute Gasteiger partial charge is 0.497 e. The number of methoxy groups -OCH3 is 1. The molecule has 0 atom stereocenters. The highest BCUT2D eigenvalue weighted by molar-refractivity contribution is 7.98. The van der Waals surface area contributed by atoms with E-state index < -0.39 is 0 Å². The van der Waals surface area contributed by atoms with Gasteiger partial charge in [0.05, 0.1) is 19.4 Å². The second kappa shape index (κ2) is 13.0. The van der Waals surface area contributed by atoms with E-state index in [9.17, 15) is 0 Å². The predicted molar refractivity (Wildman–Crippen MR) is 133 cm³/mol. The number of hydrogen-bond donors (Lipinski definition) is 0. The molecule has 1 saturated heterocycles. The van der Waals surface area contributed by atoms with E-state index in [4.69, 9.17) is 9.47 Å². The molecule has 0 aromatic heterocycles. The van der Waals surface area contributed by atoms with Gasteiger partial charge in [0.1, 0.15) is 5.75 Å². The molecular formula is C26H38N2O2S. The summed E-state index contributed by atoms with van der Waals surface area (Å²) in [4.78, 5) is 6.45. The molecule has 4 nitrogen and oxygen atoms in total. The second-order valence-electron chi connectivity index (χ2n) is 8.61. The molecule has 2 aromatic carbocycles. The molecule has 0 spiro atoms. The third kappa shape index (κ3) is 8.06. The first-order chi connectivity index (χ1) is 15.2. The van der Waals surface area contributed by atoms with Gasteiger partial charge in [-0.3, -0.25) is 0 Å². The Morgan fingerprint density at radius 1 is 1.00 bits per heavy atom. The molecule has 2 aromatic rings. The summed E-state index contributed by atoms with van der Waals surface area (Å²) < 4.78 is 11.2. The maximum atomic E-state index is 5.94. The van der Waals surface area contributed by atoms with Gasteiger partial charge in [0.15, 0.2) is 0 Å². The Kier molecular flexibility index (Phi) is 10.0. The summed E-state index contributed by atoms with van der Waals surface area (Å²) in [6.07, 6.45) is 2.68. The van der Waals surface area contributed by atoms with Gasteiger partial charge in [-0.2, -0.15) is 0 Å². The molecule has 3 rings (SSSR count). The average Bonchev–Trinajstić information content (AvgIpc) is 3.31. The Morgan fingerprint density at radius 2 is 1.74 bits per heavy atom. The zero-order valence-corrected chi connectivity index (χ0v) is 20.2. The Hall–Kier alpha value is -1.69. The van der Waals surface area contributed by atoms with Gasteiger partial charge in [-0.25, -0.2) is 0 Å². The van der Waals surface area contributed by atoms with E-state index in [0.717, 1.165) is 44.4 Å². The SMILES string of the molecule is COc1ccc(CSc2ccccc2N(CCOCC(C)C)CCN2CCCC2)cc1. The Morgan fingerprint density at radius 3 is 2.45 bits per heavy atom.